The Labute approximate surface area is 174 Å². The Morgan fingerprint density at radius 1 is 0.893 bits per heavy atom. The van der Waals surface area contributed by atoms with Gasteiger partial charge in [0, 0.05) is 6.07 Å². The first-order chi connectivity index (χ1) is 12.8. The summed E-state index contributed by atoms with van der Waals surface area (Å²) in [5.74, 6) is 0. The number of non-ortho nitro benzene ring substituents is 1. The maximum atomic E-state index is 13.5. The third kappa shape index (κ3) is 4.04. The van der Waals surface area contributed by atoms with Gasteiger partial charge in [-0.15, -0.1) is 0 Å². The number of alkyl halides is 3. The van der Waals surface area contributed by atoms with Gasteiger partial charge in [0.15, 0.2) is 0 Å². The van der Waals surface area contributed by atoms with Gasteiger partial charge in [0.1, 0.15) is 5.69 Å². The summed E-state index contributed by atoms with van der Waals surface area (Å²) in [5, 5.41) is 23.4. The van der Waals surface area contributed by atoms with Crippen molar-refractivity contribution < 1.29 is 23.0 Å². The van der Waals surface area contributed by atoms with E-state index < -0.39 is 38.6 Å². The summed E-state index contributed by atoms with van der Waals surface area (Å²) in [6.07, 6.45) is -5.17. The topological polar surface area (TPSA) is 98.3 Å². The van der Waals surface area contributed by atoms with E-state index in [1.54, 1.807) is 0 Å². The van der Waals surface area contributed by atoms with Crippen molar-refractivity contribution in [2.45, 2.75) is 13.1 Å². The summed E-state index contributed by atoms with van der Waals surface area (Å²) < 4.78 is 40.4. The third-order valence-corrected chi connectivity index (χ3v) is 5.46. The normalized spacial score (nSPS) is 11.4. The quantitative estimate of drug-likeness (QED) is 0.217. The smallest absolute Gasteiger partial charge is 0.348 e. The van der Waals surface area contributed by atoms with Crippen LogP contribution in [-0.2, 0) is 6.18 Å². The maximum Gasteiger partial charge on any atom is 0.418 e. The van der Waals surface area contributed by atoms with Crippen molar-refractivity contribution in [2.24, 2.45) is 0 Å². The summed E-state index contributed by atoms with van der Waals surface area (Å²) in [7, 11) is 0. The monoisotopic (exact) mass is 477 g/mol. The molecular formula is C14H6Cl4F3N3O4. The van der Waals surface area contributed by atoms with Gasteiger partial charge >= 0.3 is 6.18 Å². The van der Waals surface area contributed by atoms with Crippen LogP contribution in [0.1, 0.15) is 11.1 Å². The molecule has 0 saturated heterocycles. The molecule has 0 fully saturated rings. The van der Waals surface area contributed by atoms with Crippen molar-refractivity contribution in [1.29, 1.82) is 0 Å². The number of nitrogens with one attached hydrogen (secondary N) is 1. The molecule has 0 aliphatic rings. The summed E-state index contributed by atoms with van der Waals surface area (Å²) in [6, 6.07) is 0.553. The van der Waals surface area contributed by atoms with Crippen LogP contribution in [0.5, 0.6) is 0 Å². The summed E-state index contributed by atoms with van der Waals surface area (Å²) in [6.45, 7) is 1.34. The highest BCUT2D eigenvalue weighted by molar-refractivity contribution is 6.53. The zero-order valence-corrected chi connectivity index (χ0v) is 16.4. The van der Waals surface area contributed by atoms with Crippen LogP contribution in [0, 0.1) is 27.2 Å². The number of benzene rings is 2. The molecule has 0 bridgehead atoms. The molecule has 0 aliphatic heterocycles. The highest BCUT2D eigenvalue weighted by Gasteiger charge is 2.40. The molecule has 28 heavy (non-hydrogen) atoms. The molecule has 7 nitrogen and oxygen atoms in total. The molecule has 0 amide bonds. The SMILES string of the molecule is Cc1c(Cl)c(Cl)c(Cl)c(Cl)c1Nc1c([N+](=O)[O-])cc([N+](=O)[O-])cc1C(F)(F)F. The van der Waals surface area contributed by atoms with Gasteiger partial charge in [0.2, 0.25) is 0 Å². The molecule has 0 radical (unpaired) electrons. The summed E-state index contributed by atoms with van der Waals surface area (Å²) in [4.78, 5) is 19.8. The van der Waals surface area contributed by atoms with Crippen molar-refractivity contribution in [3.05, 3.63) is 63.6 Å². The number of nitro groups is 2. The molecule has 0 aliphatic carbocycles. The Bertz CT molecular complexity index is 986. The number of hydrogen-bond acceptors (Lipinski definition) is 5. The average molecular weight is 479 g/mol. The van der Waals surface area contributed by atoms with E-state index in [-0.39, 0.29) is 37.4 Å². The molecule has 0 spiro atoms. The van der Waals surface area contributed by atoms with Crippen molar-refractivity contribution >= 4 is 69.2 Å². The fourth-order valence-electron chi connectivity index (χ4n) is 2.23. The number of halogens is 7. The Kier molecular flexibility index (Phi) is 6.19. The Morgan fingerprint density at radius 2 is 1.43 bits per heavy atom. The lowest BCUT2D eigenvalue weighted by Crippen LogP contribution is -2.12. The van der Waals surface area contributed by atoms with Crippen LogP contribution in [0.4, 0.5) is 35.9 Å². The maximum absolute atomic E-state index is 13.5. The van der Waals surface area contributed by atoms with Crippen LogP contribution in [0.3, 0.4) is 0 Å². The van der Waals surface area contributed by atoms with E-state index in [4.69, 9.17) is 46.4 Å². The first-order valence-electron chi connectivity index (χ1n) is 6.91. The number of hydrogen-bond donors (Lipinski definition) is 1. The second kappa shape index (κ2) is 7.78. The van der Waals surface area contributed by atoms with Crippen molar-refractivity contribution in [1.82, 2.24) is 0 Å². The van der Waals surface area contributed by atoms with Gasteiger partial charge in [-0.2, -0.15) is 13.2 Å². The van der Waals surface area contributed by atoms with Crippen molar-refractivity contribution in [3.8, 4) is 0 Å². The number of rotatable bonds is 4. The largest absolute Gasteiger partial charge is 0.418 e. The minimum Gasteiger partial charge on any atom is -0.348 e. The first-order valence-corrected chi connectivity index (χ1v) is 8.42. The lowest BCUT2D eigenvalue weighted by molar-refractivity contribution is -0.394. The van der Waals surface area contributed by atoms with Crippen LogP contribution in [0.2, 0.25) is 20.1 Å². The summed E-state index contributed by atoms with van der Waals surface area (Å²) in [5.41, 5.74) is -5.24. The molecule has 150 valence electrons. The van der Waals surface area contributed by atoms with Gasteiger partial charge in [0.25, 0.3) is 11.4 Å². The number of nitro benzene ring substituents is 2. The second-order valence-electron chi connectivity index (χ2n) is 5.28. The van der Waals surface area contributed by atoms with Crippen LogP contribution >= 0.6 is 46.4 Å². The molecule has 0 saturated carbocycles. The van der Waals surface area contributed by atoms with E-state index in [1.807, 2.05) is 0 Å². The zero-order chi connectivity index (χ0) is 21.5. The van der Waals surface area contributed by atoms with Gasteiger partial charge in [-0.05, 0) is 12.5 Å². The van der Waals surface area contributed by atoms with Crippen LogP contribution in [0.15, 0.2) is 12.1 Å². The molecule has 0 aromatic heterocycles. The van der Waals surface area contributed by atoms with E-state index in [9.17, 15) is 33.4 Å². The fraction of sp³-hybridized carbons (Fsp3) is 0.143. The molecule has 0 heterocycles. The molecule has 0 atom stereocenters. The molecular weight excluding hydrogens is 473 g/mol. The molecule has 0 unspecified atom stereocenters. The van der Waals surface area contributed by atoms with Gasteiger partial charge in [0.05, 0.1) is 47.3 Å². The van der Waals surface area contributed by atoms with E-state index in [0.717, 1.165) is 0 Å². The highest BCUT2D eigenvalue weighted by Crippen LogP contribution is 2.48. The van der Waals surface area contributed by atoms with E-state index >= 15 is 0 Å². The minimum absolute atomic E-state index is 0.0573. The van der Waals surface area contributed by atoms with Crippen molar-refractivity contribution in [2.75, 3.05) is 5.32 Å². The zero-order valence-electron chi connectivity index (χ0n) is 13.3. The summed E-state index contributed by atoms with van der Waals surface area (Å²) >= 11 is 23.7. The predicted octanol–water partition coefficient (Wildman–Crippen LogP) is 7.19. The molecule has 1 N–H and O–H groups in total. The minimum atomic E-state index is -5.17. The fourth-order valence-corrected chi connectivity index (χ4v) is 3.23. The predicted molar refractivity (Wildman–Crippen MR) is 99.3 cm³/mol. The van der Waals surface area contributed by atoms with Gasteiger partial charge in [-0.3, -0.25) is 20.2 Å². The van der Waals surface area contributed by atoms with E-state index in [0.29, 0.717) is 6.07 Å². The van der Waals surface area contributed by atoms with Gasteiger partial charge < -0.3 is 5.32 Å². The average Bonchev–Trinajstić information content (AvgIpc) is 2.60. The number of nitrogens with zero attached hydrogens (tertiary/aromatic N) is 2. The Hall–Kier alpha value is -2.01. The standard InChI is InChI=1S/C14H6Cl4F3N3O4/c1-4-8(15)9(16)10(17)11(18)12(4)22-13-6(14(19,20)21)2-5(23(25)26)3-7(13)24(27)28/h2-3,22H,1H3. The van der Waals surface area contributed by atoms with Crippen LogP contribution in [-0.4, -0.2) is 9.85 Å². The second-order valence-corrected chi connectivity index (χ2v) is 6.79. The van der Waals surface area contributed by atoms with Gasteiger partial charge in [-0.25, -0.2) is 0 Å². The van der Waals surface area contributed by atoms with Crippen LogP contribution in [0.25, 0.3) is 0 Å². The molecule has 2 aromatic rings. The molecule has 2 aromatic carbocycles. The Morgan fingerprint density at radius 3 is 1.89 bits per heavy atom. The van der Waals surface area contributed by atoms with Crippen LogP contribution < -0.4 is 5.32 Å². The number of anilines is 2. The molecule has 14 heteroatoms. The van der Waals surface area contributed by atoms with E-state index in [1.165, 1.54) is 6.92 Å². The lowest BCUT2D eigenvalue weighted by atomic mass is 10.1. The third-order valence-electron chi connectivity index (χ3n) is 3.57. The van der Waals surface area contributed by atoms with Gasteiger partial charge in [-0.1, -0.05) is 46.4 Å². The van der Waals surface area contributed by atoms with Crippen molar-refractivity contribution in [3.63, 3.8) is 0 Å². The highest BCUT2D eigenvalue weighted by atomic mass is 35.5. The Balaban J connectivity index is 2.87. The molecule has 2 rings (SSSR count). The lowest BCUT2D eigenvalue weighted by Gasteiger charge is -2.19. The first kappa shape index (κ1) is 22.3. The van der Waals surface area contributed by atoms with E-state index in [2.05, 4.69) is 5.32 Å².